The summed E-state index contributed by atoms with van der Waals surface area (Å²) in [6, 6.07) is 21.7. The van der Waals surface area contributed by atoms with Crippen molar-refractivity contribution in [3.63, 3.8) is 0 Å². The molecule has 0 saturated heterocycles. The highest BCUT2D eigenvalue weighted by atomic mass is 35.5. The van der Waals surface area contributed by atoms with Crippen molar-refractivity contribution < 1.29 is 0 Å². The lowest BCUT2D eigenvalue weighted by Gasteiger charge is -2.22. The third-order valence-electron chi connectivity index (χ3n) is 3.73. The van der Waals surface area contributed by atoms with Crippen LogP contribution in [0.1, 0.15) is 50.7 Å². The third kappa shape index (κ3) is 6.21. The van der Waals surface area contributed by atoms with Crippen LogP contribution in [0.4, 0.5) is 0 Å². The molecule has 0 saturated carbocycles. The van der Waals surface area contributed by atoms with E-state index in [9.17, 15) is 0 Å². The van der Waals surface area contributed by atoms with Gasteiger partial charge in [-0.05, 0) is 51.3 Å². The molecule has 0 atom stereocenters. The van der Waals surface area contributed by atoms with Gasteiger partial charge in [0, 0.05) is 11.5 Å². The Morgan fingerprint density at radius 3 is 1.68 bits per heavy atom. The molecule has 0 amide bonds. The fraction of sp³-hybridized carbons (Fsp3) is 0.400. The molecule has 0 spiro atoms. The van der Waals surface area contributed by atoms with Crippen molar-refractivity contribution in [2.75, 3.05) is 6.54 Å². The van der Waals surface area contributed by atoms with Crippen LogP contribution in [0.2, 0.25) is 0 Å². The third-order valence-corrected chi connectivity index (χ3v) is 3.73. The van der Waals surface area contributed by atoms with E-state index in [-0.39, 0.29) is 17.9 Å². The Morgan fingerprint density at radius 1 is 0.818 bits per heavy atom. The highest BCUT2D eigenvalue weighted by Gasteiger charge is 2.14. The summed E-state index contributed by atoms with van der Waals surface area (Å²) < 4.78 is 0. The largest absolute Gasteiger partial charge is 0.312 e. The second-order valence-electron chi connectivity index (χ2n) is 6.69. The van der Waals surface area contributed by atoms with Gasteiger partial charge in [0.05, 0.1) is 0 Å². The van der Waals surface area contributed by atoms with Crippen molar-refractivity contribution in [3.05, 3.63) is 71.8 Å². The second-order valence-corrected chi connectivity index (χ2v) is 6.69. The van der Waals surface area contributed by atoms with Crippen molar-refractivity contribution in [2.45, 2.75) is 45.1 Å². The van der Waals surface area contributed by atoms with E-state index >= 15 is 0 Å². The van der Waals surface area contributed by atoms with Crippen molar-refractivity contribution in [3.8, 4) is 0 Å². The Balaban J connectivity index is 0.00000242. The van der Waals surface area contributed by atoms with Gasteiger partial charge in [0.1, 0.15) is 0 Å². The highest BCUT2D eigenvalue weighted by Crippen LogP contribution is 2.28. The fourth-order valence-electron chi connectivity index (χ4n) is 2.67. The molecule has 0 fully saturated rings. The molecule has 0 unspecified atom stereocenters. The van der Waals surface area contributed by atoms with Crippen LogP contribution >= 0.6 is 12.4 Å². The van der Waals surface area contributed by atoms with Gasteiger partial charge in [-0.2, -0.15) is 0 Å². The first-order valence-electron chi connectivity index (χ1n) is 7.91. The van der Waals surface area contributed by atoms with Gasteiger partial charge in [-0.15, -0.1) is 12.4 Å². The smallest absolute Gasteiger partial charge is 0.00965 e. The highest BCUT2D eigenvalue weighted by molar-refractivity contribution is 5.85. The van der Waals surface area contributed by atoms with Crippen LogP contribution < -0.4 is 5.32 Å². The monoisotopic (exact) mass is 317 g/mol. The van der Waals surface area contributed by atoms with Crippen LogP contribution in [-0.2, 0) is 0 Å². The SMILES string of the molecule is CC(C)(C)NCCCC(c1ccccc1)c1ccccc1.Cl. The number of hydrogen-bond acceptors (Lipinski definition) is 1. The van der Waals surface area contributed by atoms with Crippen molar-refractivity contribution in [1.82, 2.24) is 5.32 Å². The maximum absolute atomic E-state index is 3.58. The van der Waals surface area contributed by atoms with Gasteiger partial charge in [-0.3, -0.25) is 0 Å². The van der Waals surface area contributed by atoms with E-state index in [0.29, 0.717) is 5.92 Å². The molecule has 0 heterocycles. The normalized spacial score (nSPS) is 11.3. The zero-order valence-electron chi connectivity index (χ0n) is 13.9. The molecule has 22 heavy (non-hydrogen) atoms. The Kier molecular flexibility index (Phi) is 7.64. The average Bonchev–Trinajstić information content (AvgIpc) is 2.48. The lowest BCUT2D eigenvalue weighted by molar-refractivity contribution is 0.416. The Morgan fingerprint density at radius 2 is 1.27 bits per heavy atom. The molecule has 1 N–H and O–H groups in total. The first-order chi connectivity index (χ1) is 10.1. The van der Waals surface area contributed by atoms with Crippen LogP contribution in [0.25, 0.3) is 0 Å². The minimum absolute atomic E-state index is 0. The van der Waals surface area contributed by atoms with Gasteiger partial charge in [0.2, 0.25) is 0 Å². The molecule has 1 nitrogen and oxygen atoms in total. The lowest BCUT2D eigenvalue weighted by atomic mass is 9.87. The molecule has 0 aliphatic carbocycles. The van der Waals surface area contributed by atoms with E-state index < -0.39 is 0 Å². The topological polar surface area (TPSA) is 12.0 Å². The lowest BCUT2D eigenvalue weighted by Crippen LogP contribution is -2.36. The predicted molar refractivity (Wildman–Crippen MR) is 99.0 cm³/mol. The summed E-state index contributed by atoms with van der Waals surface area (Å²) in [5, 5.41) is 3.58. The van der Waals surface area contributed by atoms with E-state index in [0.717, 1.165) is 6.54 Å². The summed E-state index contributed by atoms with van der Waals surface area (Å²) >= 11 is 0. The van der Waals surface area contributed by atoms with Crippen LogP contribution in [0.15, 0.2) is 60.7 Å². The Hall–Kier alpha value is -1.31. The molecule has 0 aromatic heterocycles. The van der Waals surface area contributed by atoms with E-state index in [1.807, 2.05) is 0 Å². The number of nitrogens with one attached hydrogen (secondary N) is 1. The summed E-state index contributed by atoms with van der Waals surface area (Å²) in [7, 11) is 0. The van der Waals surface area contributed by atoms with Gasteiger partial charge < -0.3 is 5.32 Å². The first-order valence-corrected chi connectivity index (χ1v) is 7.91. The second kappa shape index (κ2) is 8.97. The van der Waals surface area contributed by atoms with Crippen LogP contribution in [0, 0.1) is 0 Å². The minimum Gasteiger partial charge on any atom is -0.312 e. The maximum Gasteiger partial charge on any atom is 0.00965 e. The van der Waals surface area contributed by atoms with Crippen LogP contribution in [-0.4, -0.2) is 12.1 Å². The molecule has 0 bridgehead atoms. The summed E-state index contributed by atoms with van der Waals surface area (Å²) in [5.74, 6) is 0.495. The number of rotatable bonds is 6. The molecule has 0 radical (unpaired) electrons. The molecule has 120 valence electrons. The van der Waals surface area contributed by atoms with Gasteiger partial charge >= 0.3 is 0 Å². The van der Waals surface area contributed by atoms with Crippen molar-refractivity contribution >= 4 is 12.4 Å². The van der Waals surface area contributed by atoms with Crippen molar-refractivity contribution in [1.29, 1.82) is 0 Å². The number of halogens is 1. The summed E-state index contributed by atoms with van der Waals surface area (Å²) in [6.45, 7) is 7.73. The molecule has 0 aliphatic rings. The minimum atomic E-state index is 0. The number of hydrogen-bond donors (Lipinski definition) is 1. The summed E-state index contributed by atoms with van der Waals surface area (Å²) in [6.07, 6.45) is 2.36. The Bertz CT molecular complexity index is 477. The zero-order valence-corrected chi connectivity index (χ0v) is 14.7. The zero-order chi connectivity index (χ0) is 15.1. The van der Waals surface area contributed by atoms with Gasteiger partial charge in [-0.25, -0.2) is 0 Å². The Labute approximate surface area is 141 Å². The molecular formula is C20H28ClN. The van der Waals surface area contributed by atoms with Gasteiger partial charge in [0.25, 0.3) is 0 Å². The molecule has 2 aromatic rings. The van der Waals surface area contributed by atoms with Crippen LogP contribution in [0.5, 0.6) is 0 Å². The summed E-state index contributed by atoms with van der Waals surface area (Å²) in [5.41, 5.74) is 3.04. The van der Waals surface area contributed by atoms with E-state index in [1.54, 1.807) is 0 Å². The molecule has 0 aliphatic heterocycles. The van der Waals surface area contributed by atoms with Gasteiger partial charge in [0.15, 0.2) is 0 Å². The predicted octanol–water partition coefficient (Wildman–Crippen LogP) is 5.41. The van der Waals surface area contributed by atoms with E-state index in [4.69, 9.17) is 0 Å². The standard InChI is InChI=1S/C20H27N.ClH/c1-20(2,3)21-16-10-15-19(17-11-6-4-7-12-17)18-13-8-5-9-14-18;/h4-9,11-14,19,21H,10,15-16H2,1-3H3;1H. The molecule has 2 rings (SSSR count). The average molecular weight is 318 g/mol. The van der Waals surface area contributed by atoms with Gasteiger partial charge in [-0.1, -0.05) is 60.7 Å². The maximum atomic E-state index is 3.58. The molecule has 2 aromatic carbocycles. The van der Waals surface area contributed by atoms with E-state index in [1.165, 1.54) is 24.0 Å². The molecular weight excluding hydrogens is 290 g/mol. The number of benzene rings is 2. The summed E-state index contributed by atoms with van der Waals surface area (Å²) in [4.78, 5) is 0. The van der Waals surface area contributed by atoms with E-state index in [2.05, 4.69) is 86.8 Å². The molecule has 2 heteroatoms. The first kappa shape index (κ1) is 18.7. The van der Waals surface area contributed by atoms with Crippen LogP contribution in [0.3, 0.4) is 0 Å². The fourth-order valence-corrected chi connectivity index (χ4v) is 2.67. The quantitative estimate of drug-likeness (QED) is 0.702. The van der Waals surface area contributed by atoms with Crippen molar-refractivity contribution in [2.24, 2.45) is 0 Å².